The molecule has 0 fully saturated rings. The number of benzene rings is 1. The first-order valence-corrected chi connectivity index (χ1v) is 6.52. The maximum atomic E-state index is 11.4. The average molecular weight is 286 g/mol. The van der Waals surface area contributed by atoms with Gasteiger partial charge in [0.2, 0.25) is 0 Å². The smallest absolute Gasteiger partial charge is 0.333 e. The Balaban J connectivity index is 2.19. The minimum absolute atomic E-state index is 0.333. The molecule has 2 aromatic rings. The molecule has 1 heterocycles. The number of hydrogen-bond acceptors (Lipinski definition) is 4. The molecule has 0 aliphatic rings. The molecule has 0 saturated carbocycles. The minimum Gasteiger partial charge on any atom is -0.487 e. The fraction of sp³-hybridized carbons (Fsp3) is 0.200. The van der Waals surface area contributed by atoms with Crippen LogP contribution in [0.5, 0.6) is 5.75 Å². The SMILES string of the molecule is Cc1cccc(NC(=O)NN)c1COc1cccnc1C. The summed E-state index contributed by atoms with van der Waals surface area (Å²) in [5, 5.41) is 2.68. The van der Waals surface area contributed by atoms with Crippen LogP contribution in [0.1, 0.15) is 16.8 Å². The lowest BCUT2D eigenvalue weighted by atomic mass is 10.1. The Labute approximate surface area is 123 Å². The van der Waals surface area contributed by atoms with Gasteiger partial charge in [-0.05, 0) is 37.6 Å². The number of aryl methyl sites for hydroxylation is 2. The molecule has 4 N–H and O–H groups in total. The third-order valence-electron chi connectivity index (χ3n) is 3.12. The molecule has 0 aliphatic heterocycles. The number of carbonyl (C=O) groups is 1. The van der Waals surface area contributed by atoms with Gasteiger partial charge in [-0.25, -0.2) is 10.6 Å². The van der Waals surface area contributed by atoms with Crippen LogP contribution >= 0.6 is 0 Å². The first-order chi connectivity index (χ1) is 10.1. The van der Waals surface area contributed by atoms with Gasteiger partial charge in [0.1, 0.15) is 12.4 Å². The highest BCUT2D eigenvalue weighted by molar-refractivity contribution is 5.89. The zero-order chi connectivity index (χ0) is 15.2. The Hall–Kier alpha value is -2.60. The van der Waals surface area contributed by atoms with Gasteiger partial charge >= 0.3 is 6.03 Å². The summed E-state index contributed by atoms with van der Waals surface area (Å²) >= 11 is 0. The molecule has 0 radical (unpaired) electrons. The van der Waals surface area contributed by atoms with Crippen molar-refractivity contribution in [1.29, 1.82) is 0 Å². The number of amides is 2. The molecule has 1 aromatic carbocycles. The van der Waals surface area contributed by atoms with Crippen LogP contribution in [0, 0.1) is 13.8 Å². The number of hydrazine groups is 1. The van der Waals surface area contributed by atoms with E-state index in [-0.39, 0.29) is 0 Å². The Bertz CT molecular complexity index is 643. The zero-order valence-electron chi connectivity index (χ0n) is 12.0. The van der Waals surface area contributed by atoms with E-state index in [2.05, 4.69) is 10.3 Å². The second-order valence-electron chi connectivity index (χ2n) is 4.58. The third kappa shape index (κ3) is 3.70. The Kier molecular flexibility index (Phi) is 4.73. The van der Waals surface area contributed by atoms with Gasteiger partial charge in [-0.3, -0.25) is 10.4 Å². The molecule has 0 bridgehead atoms. The molecule has 2 rings (SSSR count). The van der Waals surface area contributed by atoms with Crippen LogP contribution < -0.4 is 21.3 Å². The van der Waals surface area contributed by atoms with Crippen LogP contribution in [0.3, 0.4) is 0 Å². The lowest BCUT2D eigenvalue weighted by molar-refractivity contribution is 0.252. The molecule has 21 heavy (non-hydrogen) atoms. The standard InChI is InChI=1S/C15H18N4O2/c1-10-5-3-6-13(18-15(20)19-16)12(10)9-21-14-7-4-8-17-11(14)2/h3-8H,9,16H2,1-2H3,(H2,18,19,20). The summed E-state index contributed by atoms with van der Waals surface area (Å²) in [7, 11) is 0. The molecular formula is C15H18N4O2. The summed E-state index contributed by atoms with van der Waals surface area (Å²) in [4.78, 5) is 15.6. The first kappa shape index (κ1) is 14.8. The van der Waals surface area contributed by atoms with Gasteiger partial charge < -0.3 is 10.1 Å². The van der Waals surface area contributed by atoms with Crippen molar-refractivity contribution in [1.82, 2.24) is 10.4 Å². The van der Waals surface area contributed by atoms with Crippen molar-refractivity contribution in [2.45, 2.75) is 20.5 Å². The van der Waals surface area contributed by atoms with Gasteiger partial charge in [-0.2, -0.15) is 0 Å². The first-order valence-electron chi connectivity index (χ1n) is 6.52. The van der Waals surface area contributed by atoms with Gasteiger partial charge in [-0.1, -0.05) is 12.1 Å². The van der Waals surface area contributed by atoms with Crippen LogP contribution in [0.2, 0.25) is 0 Å². The number of aromatic nitrogens is 1. The van der Waals surface area contributed by atoms with Crippen molar-refractivity contribution < 1.29 is 9.53 Å². The summed E-state index contributed by atoms with van der Waals surface area (Å²) in [5.74, 6) is 5.81. The highest BCUT2D eigenvalue weighted by Crippen LogP contribution is 2.23. The quantitative estimate of drug-likeness (QED) is 0.457. The maximum absolute atomic E-state index is 11.4. The number of rotatable bonds is 4. The van der Waals surface area contributed by atoms with Crippen molar-refractivity contribution in [3.05, 3.63) is 53.3 Å². The molecule has 110 valence electrons. The number of pyridine rings is 1. The molecular weight excluding hydrogens is 268 g/mol. The number of nitrogens with zero attached hydrogens (tertiary/aromatic N) is 1. The maximum Gasteiger partial charge on any atom is 0.333 e. The number of ether oxygens (including phenoxy) is 1. The average Bonchev–Trinajstić information content (AvgIpc) is 2.48. The van der Waals surface area contributed by atoms with E-state index in [1.807, 2.05) is 43.5 Å². The van der Waals surface area contributed by atoms with E-state index in [9.17, 15) is 4.79 Å². The second kappa shape index (κ2) is 6.71. The number of nitrogens with two attached hydrogens (primary N) is 1. The summed E-state index contributed by atoms with van der Waals surface area (Å²) in [5.41, 5.74) is 5.44. The van der Waals surface area contributed by atoms with E-state index in [0.717, 1.165) is 22.6 Å². The van der Waals surface area contributed by atoms with E-state index in [1.165, 1.54) is 0 Å². The molecule has 0 atom stereocenters. The second-order valence-corrected chi connectivity index (χ2v) is 4.58. The molecule has 0 aliphatic carbocycles. The van der Waals surface area contributed by atoms with Crippen molar-refractivity contribution in [3.8, 4) is 5.75 Å². The highest BCUT2D eigenvalue weighted by Gasteiger charge is 2.10. The molecule has 6 nitrogen and oxygen atoms in total. The third-order valence-corrected chi connectivity index (χ3v) is 3.12. The van der Waals surface area contributed by atoms with Crippen LogP contribution in [-0.4, -0.2) is 11.0 Å². The van der Waals surface area contributed by atoms with E-state index in [1.54, 1.807) is 12.3 Å². The lowest BCUT2D eigenvalue weighted by Crippen LogP contribution is -2.34. The van der Waals surface area contributed by atoms with Gasteiger partial charge in [0.25, 0.3) is 0 Å². The van der Waals surface area contributed by atoms with E-state index < -0.39 is 6.03 Å². The normalized spacial score (nSPS) is 10.0. The van der Waals surface area contributed by atoms with E-state index in [4.69, 9.17) is 10.6 Å². The van der Waals surface area contributed by atoms with Crippen molar-refractivity contribution >= 4 is 11.7 Å². The van der Waals surface area contributed by atoms with Crippen molar-refractivity contribution in [2.24, 2.45) is 5.84 Å². The molecule has 0 spiro atoms. The Morgan fingerprint density at radius 1 is 1.29 bits per heavy atom. The van der Waals surface area contributed by atoms with Gasteiger partial charge in [0.15, 0.2) is 0 Å². The topological polar surface area (TPSA) is 89.3 Å². The fourth-order valence-electron chi connectivity index (χ4n) is 1.94. The predicted octanol–water partition coefficient (Wildman–Crippen LogP) is 2.27. The fourth-order valence-corrected chi connectivity index (χ4v) is 1.94. The van der Waals surface area contributed by atoms with Crippen LogP contribution in [0.25, 0.3) is 0 Å². The van der Waals surface area contributed by atoms with Crippen LogP contribution in [-0.2, 0) is 6.61 Å². The number of anilines is 1. The largest absolute Gasteiger partial charge is 0.487 e. The highest BCUT2D eigenvalue weighted by atomic mass is 16.5. The van der Waals surface area contributed by atoms with Gasteiger partial charge in [0.05, 0.1) is 5.69 Å². The number of urea groups is 1. The number of nitrogens with one attached hydrogen (secondary N) is 2. The summed E-state index contributed by atoms with van der Waals surface area (Å²) in [6.45, 7) is 4.17. The minimum atomic E-state index is -0.473. The van der Waals surface area contributed by atoms with Crippen molar-refractivity contribution in [3.63, 3.8) is 0 Å². The van der Waals surface area contributed by atoms with Gasteiger partial charge in [0, 0.05) is 17.4 Å². The van der Waals surface area contributed by atoms with E-state index >= 15 is 0 Å². The van der Waals surface area contributed by atoms with E-state index in [0.29, 0.717) is 12.3 Å². The summed E-state index contributed by atoms with van der Waals surface area (Å²) in [6.07, 6.45) is 1.72. The molecule has 1 aromatic heterocycles. The van der Waals surface area contributed by atoms with Crippen LogP contribution in [0.4, 0.5) is 10.5 Å². The molecule has 6 heteroatoms. The number of carbonyl (C=O) groups excluding carboxylic acids is 1. The Morgan fingerprint density at radius 2 is 2.10 bits per heavy atom. The summed E-state index contributed by atoms with van der Waals surface area (Å²) in [6, 6.07) is 8.83. The molecule has 0 unspecified atom stereocenters. The monoisotopic (exact) mass is 286 g/mol. The van der Waals surface area contributed by atoms with Gasteiger partial charge in [-0.15, -0.1) is 0 Å². The molecule has 2 amide bonds. The lowest BCUT2D eigenvalue weighted by Gasteiger charge is -2.15. The number of hydrogen-bond donors (Lipinski definition) is 3. The zero-order valence-corrected chi connectivity index (χ0v) is 12.0. The summed E-state index contributed by atoms with van der Waals surface area (Å²) < 4.78 is 5.79. The van der Waals surface area contributed by atoms with Crippen LogP contribution in [0.15, 0.2) is 36.5 Å². The van der Waals surface area contributed by atoms with Crippen molar-refractivity contribution in [2.75, 3.05) is 5.32 Å². The Morgan fingerprint density at radius 3 is 2.81 bits per heavy atom. The predicted molar refractivity (Wildman–Crippen MR) is 80.8 cm³/mol. The molecule has 0 saturated heterocycles.